The van der Waals surface area contributed by atoms with Crippen molar-refractivity contribution in [1.82, 2.24) is 29.2 Å². The van der Waals surface area contributed by atoms with E-state index in [1.54, 1.807) is 65.3 Å². The van der Waals surface area contributed by atoms with Gasteiger partial charge in [-0.25, -0.2) is 19.0 Å². The number of aliphatic hydroxyl groups excluding tert-OH is 1. The number of aromatic nitrogens is 3. The van der Waals surface area contributed by atoms with E-state index >= 15 is 4.39 Å². The zero-order chi connectivity index (χ0) is 44.5. The molecule has 5 unspecified atom stereocenters. The van der Waals surface area contributed by atoms with E-state index in [1.807, 2.05) is 48.8 Å². The van der Waals surface area contributed by atoms with Crippen LogP contribution in [0.4, 0.5) is 9.18 Å². The van der Waals surface area contributed by atoms with E-state index in [4.69, 9.17) is 18.9 Å². The number of alkyl halides is 1. The van der Waals surface area contributed by atoms with Crippen molar-refractivity contribution >= 4 is 23.6 Å². The summed E-state index contributed by atoms with van der Waals surface area (Å²) in [5.41, 5.74) is -4.18. The molecule has 0 bridgehead atoms. The number of ether oxygens (including phenoxy) is 4. The van der Waals surface area contributed by atoms with Crippen LogP contribution in [0.15, 0.2) is 37.1 Å². The molecule has 15 nitrogen and oxygen atoms in total. The highest BCUT2D eigenvalue weighted by molar-refractivity contribution is 6.08. The number of esters is 1. The minimum absolute atomic E-state index is 0.0221. The number of amides is 2. The quantitative estimate of drug-likeness (QED) is 0.184. The lowest BCUT2D eigenvalue weighted by atomic mass is 9.72. The number of aryl methyl sites for hydroxylation is 1. The Labute approximate surface area is 354 Å². The molecular formula is C44H67FN6O9. The second kappa shape index (κ2) is 18.6. The lowest BCUT2D eigenvalue weighted by Crippen LogP contribution is -2.63. The summed E-state index contributed by atoms with van der Waals surface area (Å²) in [6.07, 6.45) is 4.01. The molecule has 2 aromatic heterocycles. The average Bonchev–Trinajstić information content (AvgIpc) is 3.77. The average molecular weight is 843 g/mol. The summed E-state index contributed by atoms with van der Waals surface area (Å²) in [4.78, 5) is 71.3. The highest BCUT2D eigenvalue weighted by Gasteiger charge is 2.62. The number of urea groups is 1. The highest BCUT2D eigenvalue weighted by Crippen LogP contribution is 2.44. The Morgan fingerprint density at radius 3 is 2.35 bits per heavy atom. The van der Waals surface area contributed by atoms with E-state index in [9.17, 15) is 24.3 Å². The predicted octanol–water partition coefficient (Wildman–Crippen LogP) is 4.94. The van der Waals surface area contributed by atoms with Gasteiger partial charge >= 0.3 is 12.0 Å². The Hall–Kier alpha value is -3.83. The van der Waals surface area contributed by atoms with Crippen molar-refractivity contribution in [3.63, 3.8) is 0 Å². The van der Waals surface area contributed by atoms with Crippen molar-refractivity contribution < 1.29 is 47.6 Å². The maximum absolute atomic E-state index is 17.0. The van der Waals surface area contributed by atoms with Crippen LogP contribution in [0.25, 0.3) is 11.3 Å². The van der Waals surface area contributed by atoms with Crippen LogP contribution in [-0.2, 0) is 39.9 Å². The first-order chi connectivity index (χ1) is 28.1. The van der Waals surface area contributed by atoms with Gasteiger partial charge in [0.25, 0.3) is 5.67 Å². The molecule has 60 heavy (non-hydrogen) atoms. The Morgan fingerprint density at radius 1 is 1.05 bits per heavy atom. The largest absolute Gasteiger partial charge is 0.457 e. The molecule has 0 aliphatic carbocycles. The van der Waals surface area contributed by atoms with Gasteiger partial charge in [-0.15, -0.1) is 0 Å². The van der Waals surface area contributed by atoms with E-state index in [1.165, 1.54) is 18.9 Å². The van der Waals surface area contributed by atoms with Gasteiger partial charge in [-0.1, -0.05) is 27.7 Å². The third kappa shape index (κ3) is 9.04. The Balaban J connectivity index is 1.48. The van der Waals surface area contributed by atoms with Crippen LogP contribution in [0, 0.1) is 17.8 Å². The highest BCUT2D eigenvalue weighted by atomic mass is 19.1. The summed E-state index contributed by atoms with van der Waals surface area (Å²) in [6, 6.07) is 2.29. The van der Waals surface area contributed by atoms with Crippen LogP contribution in [0.1, 0.15) is 87.5 Å². The number of carbonyl (C=O) groups excluding carboxylic acids is 4. The topological polar surface area (TPSA) is 166 Å². The van der Waals surface area contributed by atoms with Crippen molar-refractivity contribution in [3.05, 3.63) is 37.1 Å². The number of methoxy groups -OCH3 is 1. The number of rotatable bonds is 11. The lowest BCUT2D eigenvalue weighted by Gasteiger charge is -2.48. The number of imidazole rings is 1. The molecule has 3 aliphatic rings. The summed E-state index contributed by atoms with van der Waals surface area (Å²) >= 11 is 0. The summed E-state index contributed by atoms with van der Waals surface area (Å²) in [6.45, 7) is 13.9. The molecule has 1 N–H and O–H groups in total. The molecule has 0 radical (unpaired) electrons. The molecule has 0 saturated carbocycles. The van der Waals surface area contributed by atoms with Crippen molar-refractivity contribution in [2.45, 2.75) is 154 Å². The van der Waals surface area contributed by atoms with Crippen molar-refractivity contribution in [1.29, 1.82) is 0 Å². The second-order valence-corrected chi connectivity index (χ2v) is 18.1. The van der Waals surface area contributed by atoms with Gasteiger partial charge in [0.05, 0.1) is 41.4 Å². The number of pyridine rings is 1. The maximum Gasteiger partial charge on any atom is 0.351 e. The van der Waals surface area contributed by atoms with E-state index in [0.29, 0.717) is 32.4 Å². The number of cyclic esters (lactones) is 1. The van der Waals surface area contributed by atoms with E-state index in [2.05, 4.69) is 9.97 Å². The number of ketones is 2. The summed E-state index contributed by atoms with van der Waals surface area (Å²) < 4.78 is 43.7. The van der Waals surface area contributed by atoms with Gasteiger partial charge < -0.3 is 43.3 Å². The summed E-state index contributed by atoms with van der Waals surface area (Å²) in [5, 5.41) is 11.4. The molecule has 2 aromatic rings. The molecule has 16 heteroatoms. The number of Topliss-reactive ketones (excluding diaryl/α,β-unsaturated/α-hetero) is 2. The number of likely N-dealkylation sites (N-methyl/N-ethyl adjacent to an activating group) is 2. The second-order valence-electron chi connectivity index (χ2n) is 18.1. The van der Waals surface area contributed by atoms with Gasteiger partial charge in [0.1, 0.15) is 18.0 Å². The third-order valence-electron chi connectivity index (χ3n) is 13.6. The SMILES string of the molecule is CC[C@H]1OC(=O)[C@@](C)(F)C(=O)[C@H](C)C(OC2O[C@H](C)CC(N(C)C)C2O)[C@@](C)(OC)C[C@@H](C)C(=O)[C@H](C)C2N(CCCCn3cnc(-c4cccnc4)c3)C(=O)N(C)[C@@]21C. The minimum atomic E-state index is -3.15. The fraction of sp³-hybridized carbons (Fsp3) is 0.727. The number of fused-ring (bicyclic) bond motifs is 1. The van der Waals surface area contributed by atoms with E-state index < -0.39 is 77.0 Å². The predicted molar refractivity (Wildman–Crippen MR) is 221 cm³/mol. The number of halogens is 1. The first-order valence-corrected chi connectivity index (χ1v) is 21.3. The van der Waals surface area contributed by atoms with Crippen LogP contribution >= 0.6 is 0 Å². The van der Waals surface area contributed by atoms with Crippen molar-refractivity contribution in [3.8, 4) is 11.3 Å². The van der Waals surface area contributed by atoms with Crippen molar-refractivity contribution in [2.24, 2.45) is 17.8 Å². The number of nitrogens with zero attached hydrogens (tertiary/aromatic N) is 6. The van der Waals surface area contributed by atoms with Gasteiger partial charge in [-0.05, 0) is 86.0 Å². The molecule has 3 fully saturated rings. The molecule has 5 heterocycles. The van der Waals surface area contributed by atoms with E-state index in [0.717, 1.165) is 18.2 Å². The molecule has 3 aliphatic heterocycles. The zero-order valence-electron chi connectivity index (χ0n) is 37.5. The first-order valence-electron chi connectivity index (χ1n) is 21.3. The molecule has 2 amide bonds. The van der Waals surface area contributed by atoms with Crippen LogP contribution in [-0.4, -0.2) is 152 Å². The third-order valence-corrected chi connectivity index (χ3v) is 13.6. The Morgan fingerprint density at radius 2 is 1.73 bits per heavy atom. The summed E-state index contributed by atoms with van der Waals surface area (Å²) in [7, 11) is 6.69. The summed E-state index contributed by atoms with van der Waals surface area (Å²) in [5.74, 6) is -5.54. The molecule has 3 saturated heterocycles. The molecule has 13 atom stereocenters. The van der Waals surface area contributed by atoms with Gasteiger partial charge in [0.2, 0.25) is 0 Å². The monoisotopic (exact) mass is 842 g/mol. The molecule has 0 aromatic carbocycles. The smallest absolute Gasteiger partial charge is 0.351 e. The van der Waals surface area contributed by atoms with Crippen LogP contribution in [0.5, 0.6) is 0 Å². The minimum Gasteiger partial charge on any atom is -0.457 e. The lowest BCUT2D eigenvalue weighted by molar-refractivity contribution is -0.295. The fourth-order valence-electron chi connectivity index (χ4n) is 9.91. The van der Waals surface area contributed by atoms with Gasteiger partial charge in [-0.3, -0.25) is 14.6 Å². The number of hydrogen-bond donors (Lipinski definition) is 1. The van der Waals surface area contributed by atoms with Gasteiger partial charge in [-0.2, -0.15) is 0 Å². The van der Waals surface area contributed by atoms with Crippen LogP contribution in [0.3, 0.4) is 0 Å². The van der Waals surface area contributed by atoms with Crippen molar-refractivity contribution in [2.75, 3.05) is 34.8 Å². The number of aliphatic hydroxyl groups is 1. The normalized spacial score (nSPS) is 37.3. The van der Waals surface area contributed by atoms with E-state index in [-0.39, 0.29) is 36.8 Å². The van der Waals surface area contributed by atoms with Gasteiger partial charge in [0, 0.05) is 75.2 Å². The van der Waals surface area contributed by atoms with Crippen LogP contribution in [0.2, 0.25) is 0 Å². The molecule has 0 spiro atoms. The first kappa shape index (κ1) is 47.2. The molecular weight excluding hydrogens is 776 g/mol. The fourth-order valence-corrected chi connectivity index (χ4v) is 9.91. The van der Waals surface area contributed by atoms with Gasteiger partial charge in [0.15, 0.2) is 12.1 Å². The number of hydrogen-bond acceptors (Lipinski definition) is 12. The Kier molecular flexibility index (Phi) is 14.7. The number of unbranched alkanes of at least 4 members (excludes halogenated alkanes) is 1. The number of carbonyl (C=O) groups is 4. The molecule has 5 rings (SSSR count). The maximum atomic E-state index is 17.0. The zero-order valence-corrected chi connectivity index (χ0v) is 37.5. The molecule has 334 valence electrons. The standard InChI is InChI=1S/C44H67FN6O9/c1-13-33-44(8)36(51(41(56)49(44)11)20-15-14-19-50-24-31(47-25-50)30-17-16-18-46-23-30)28(4)34(52)26(2)22-42(6,57-12)38(29(5)37(54)43(7,45)40(55)59-33)60-39-35(53)32(48(9)10)21-27(3)58-39/h16-18,23-29,32-33,35-36,38-39,53H,13-15,19-22H2,1-12H3/t26-,27-,28+,29+,32?,33-,35?,36?,38?,39?,42+,43+,44-/m1/s1. The Bertz CT molecular complexity index is 1830. The van der Waals surface area contributed by atoms with Crippen LogP contribution < -0.4 is 0 Å².